The normalized spacial score (nSPS) is 17.2. The number of nitrogens with zero attached hydrogens (tertiary/aromatic N) is 1. The molecule has 6 nitrogen and oxygen atoms in total. The average molecular weight is 406 g/mol. The molecule has 2 aromatic rings. The molecule has 26 heavy (non-hydrogen) atoms. The zero-order valence-electron chi connectivity index (χ0n) is 12.8. The Bertz CT molecular complexity index is 978. The molecule has 1 aliphatic rings. The molecule has 0 aliphatic carbocycles. The third-order valence-corrected chi connectivity index (χ3v) is 4.95. The van der Waals surface area contributed by atoms with Gasteiger partial charge < -0.3 is 10.1 Å². The molecule has 0 amide bonds. The Morgan fingerprint density at radius 1 is 1.15 bits per heavy atom. The van der Waals surface area contributed by atoms with E-state index in [-0.39, 0.29) is 28.7 Å². The number of ether oxygens (including phenoxy) is 1. The maximum absolute atomic E-state index is 12.4. The van der Waals surface area contributed by atoms with E-state index in [1.807, 2.05) is 0 Å². The van der Waals surface area contributed by atoms with Gasteiger partial charge >= 0.3 is 6.36 Å². The molecule has 0 fully saturated rings. The van der Waals surface area contributed by atoms with Crippen LogP contribution in [0.1, 0.15) is 5.56 Å². The van der Waals surface area contributed by atoms with E-state index in [0.717, 1.165) is 6.07 Å². The Balaban J connectivity index is 1.87. The second kappa shape index (κ2) is 6.69. The molecule has 0 aromatic heterocycles. The Hall–Kier alpha value is -2.46. The van der Waals surface area contributed by atoms with E-state index in [4.69, 9.17) is 11.6 Å². The number of benzene rings is 2. The molecule has 1 heterocycles. The van der Waals surface area contributed by atoms with Crippen LogP contribution in [0.25, 0.3) is 0 Å². The van der Waals surface area contributed by atoms with Crippen LogP contribution in [0.5, 0.6) is 5.75 Å². The molecule has 11 heteroatoms. The van der Waals surface area contributed by atoms with Crippen LogP contribution in [0.2, 0.25) is 5.02 Å². The Morgan fingerprint density at radius 3 is 2.62 bits per heavy atom. The monoisotopic (exact) mass is 405 g/mol. The molecule has 0 bridgehead atoms. The summed E-state index contributed by atoms with van der Waals surface area (Å²) in [5, 5.41) is 3.06. The van der Waals surface area contributed by atoms with Crippen LogP contribution in [0, 0.1) is 0 Å². The van der Waals surface area contributed by atoms with E-state index >= 15 is 0 Å². The number of halogens is 4. The molecular weight excluding hydrogens is 395 g/mol. The van der Waals surface area contributed by atoms with Gasteiger partial charge in [-0.1, -0.05) is 29.8 Å². The summed E-state index contributed by atoms with van der Waals surface area (Å²) in [6.45, 7) is -0.243. The summed E-state index contributed by atoms with van der Waals surface area (Å²) in [7, 11) is -3.86. The van der Waals surface area contributed by atoms with E-state index in [1.165, 1.54) is 36.4 Å². The number of alkyl halides is 3. The summed E-state index contributed by atoms with van der Waals surface area (Å²) in [6.07, 6.45) is -4.84. The molecule has 0 unspecified atom stereocenters. The number of guanidine groups is 1. The summed E-state index contributed by atoms with van der Waals surface area (Å²) in [5.41, 5.74) is 0.352. The lowest BCUT2D eigenvalue weighted by Gasteiger charge is -2.21. The van der Waals surface area contributed by atoms with Crippen molar-refractivity contribution in [2.75, 3.05) is 5.32 Å². The van der Waals surface area contributed by atoms with Gasteiger partial charge in [0.1, 0.15) is 10.6 Å². The molecular formula is C15H11ClF3N3O3S. The van der Waals surface area contributed by atoms with E-state index in [2.05, 4.69) is 19.8 Å². The Morgan fingerprint density at radius 2 is 1.88 bits per heavy atom. The summed E-state index contributed by atoms with van der Waals surface area (Å²) < 4.78 is 67.9. The van der Waals surface area contributed by atoms with Crippen molar-refractivity contribution in [3.05, 3.63) is 53.1 Å². The lowest BCUT2D eigenvalue weighted by Crippen LogP contribution is -2.40. The Labute approximate surface area is 151 Å². The minimum atomic E-state index is -4.84. The minimum absolute atomic E-state index is 0.0124. The zero-order valence-corrected chi connectivity index (χ0v) is 14.4. The molecule has 138 valence electrons. The number of hydrogen-bond acceptors (Lipinski definition) is 4. The van der Waals surface area contributed by atoms with E-state index in [0.29, 0.717) is 5.02 Å². The number of para-hydroxylation sites is 1. The average Bonchev–Trinajstić information content (AvgIpc) is 2.51. The third kappa shape index (κ3) is 4.20. The van der Waals surface area contributed by atoms with Crippen molar-refractivity contribution in [1.29, 1.82) is 0 Å². The fourth-order valence-corrected chi connectivity index (χ4v) is 3.56. The fourth-order valence-electron chi connectivity index (χ4n) is 2.26. The van der Waals surface area contributed by atoms with Gasteiger partial charge in [-0.15, -0.1) is 13.2 Å². The summed E-state index contributed by atoms with van der Waals surface area (Å²) in [5.74, 6) is -0.548. The smallest absolute Gasteiger partial charge is 0.405 e. The lowest BCUT2D eigenvalue weighted by molar-refractivity contribution is -0.274. The van der Waals surface area contributed by atoms with Crippen LogP contribution in [0.3, 0.4) is 0 Å². The van der Waals surface area contributed by atoms with Gasteiger partial charge in [0.2, 0.25) is 5.96 Å². The highest BCUT2D eigenvalue weighted by molar-refractivity contribution is 7.90. The highest BCUT2D eigenvalue weighted by atomic mass is 35.5. The highest BCUT2D eigenvalue weighted by Crippen LogP contribution is 2.29. The van der Waals surface area contributed by atoms with Crippen molar-refractivity contribution < 1.29 is 26.3 Å². The van der Waals surface area contributed by atoms with Crippen molar-refractivity contribution in [1.82, 2.24) is 4.72 Å². The lowest BCUT2D eigenvalue weighted by atomic mass is 10.2. The molecule has 0 radical (unpaired) electrons. The molecule has 0 saturated heterocycles. The number of nitrogens with one attached hydrogen (secondary N) is 2. The SMILES string of the molecule is O=S1(=O)NC(=NCc2ccccc2OC(F)(F)F)Nc2cc(Cl)ccc21. The quantitative estimate of drug-likeness (QED) is 0.819. The predicted molar refractivity (Wildman–Crippen MR) is 89.7 cm³/mol. The first-order chi connectivity index (χ1) is 12.1. The molecule has 2 aromatic carbocycles. The topological polar surface area (TPSA) is 79.8 Å². The van der Waals surface area contributed by atoms with Crippen LogP contribution in [0.4, 0.5) is 18.9 Å². The molecule has 3 rings (SSSR count). The minimum Gasteiger partial charge on any atom is -0.405 e. The van der Waals surface area contributed by atoms with Crippen LogP contribution in [0.15, 0.2) is 52.4 Å². The van der Waals surface area contributed by atoms with Crippen molar-refractivity contribution in [2.45, 2.75) is 17.8 Å². The van der Waals surface area contributed by atoms with Gasteiger partial charge in [-0.2, -0.15) is 0 Å². The van der Waals surface area contributed by atoms with Gasteiger partial charge in [-0.3, -0.25) is 0 Å². The number of sulfonamides is 1. The number of rotatable bonds is 3. The fraction of sp³-hybridized carbons (Fsp3) is 0.133. The molecule has 1 aliphatic heterocycles. The van der Waals surface area contributed by atoms with Crippen molar-refractivity contribution in [3.8, 4) is 5.75 Å². The van der Waals surface area contributed by atoms with E-state index in [9.17, 15) is 21.6 Å². The summed E-state index contributed by atoms with van der Waals surface area (Å²) in [4.78, 5) is 3.98. The first-order valence-corrected chi connectivity index (χ1v) is 8.98. The first kappa shape index (κ1) is 18.3. The Kier molecular flexibility index (Phi) is 4.72. The zero-order chi connectivity index (χ0) is 18.9. The van der Waals surface area contributed by atoms with Crippen LogP contribution >= 0.6 is 11.6 Å². The molecule has 0 atom stereocenters. The first-order valence-electron chi connectivity index (χ1n) is 7.11. The van der Waals surface area contributed by atoms with Crippen molar-refractivity contribution >= 4 is 33.3 Å². The predicted octanol–water partition coefficient (Wildman–Crippen LogP) is 3.50. The standard InChI is InChI=1S/C15H11ClF3N3O3S/c16-10-5-6-13-11(7-10)21-14(22-26(13,23)24)20-8-9-3-1-2-4-12(9)25-15(17,18)19/h1-7H,8H2,(H2,20,21,22). The van der Waals surface area contributed by atoms with Gasteiger partial charge in [-0.25, -0.2) is 18.1 Å². The van der Waals surface area contributed by atoms with E-state index < -0.39 is 22.1 Å². The maximum Gasteiger partial charge on any atom is 0.573 e. The van der Waals surface area contributed by atoms with Gasteiger partial charge in [0, 0.05) is 10.6 Å². The van der Waals surface area contributed by atoms with E-state index in [1.54, 1.807) is 0 Å². The van der Waals surface area contributed by atoms with Gasteiger partial charge in [0.15, 0.2) is 0 Å². The largest absolute Gasteiger partial charge is 0.573 e. The van der Waals surface area contributed by atoms with Crippen molar-refractivity contribution in [2.24, 2.45) is 4.99 Å². The maximum atomic E-state index is 12.4. The highest BCUT2D eigenvalue weighted by Gasteiger charge is 2.32. The third-order valence-electron chi connectivity index (χ3n) is 3.32. The van der Waals surface area contributed by atoms with Crippen LogP contribution in [-0.2, 0) is 16.6 Å². The molecule has 0 saturated carbocycles. The number of hydrogen-bond donors (Lipinski definition) is 2. The van der Waals surface area contributed by atoms with Gasteiger partial charge in [0.25, 0.3) is 10.0 Å². The number of aliphatic imine (C=N–C) groups is 1. The number of fused-ring (bicyclic) bond motifs is 1. The van der Waals surface area contributed by atoms with Crippen LogP contribution in [-0.4, -0.2) is 20.7 Å². The van der Waals surface area contributed by atoms with Gasteiger partial charge in [-0.05, 0) is 24.3 Å². The second-order valence-electron chi connectivity index (χ2n) is 5.19. The summed E-state index contributed by atoms with van der Waals surface area (Å²) in [6, 6.07) is 9.61. The molecule has 2 N–H and O–H groups in total. The molecule has 0 spiro atoms. The summed E-state index contributed by atoms with van der Waals surface area (Å²) >= 11 is 5.85. The number of anilines is 1. The van der Waals surface area contributed by atoms with Gasteiger partial charge in [0.05, 0.1) is 12.2 Å². The van der Waals surface area contributed by atoms with Crippen molar-refractivity contribution in [3.63, 3.8) is 0 Å². The van der Waals surface area contributed by atoms with Crippen LogP contribution < -0.4 is 14.8 Å². The second-order valence-corrected chi connectivity index (χ2v) is 7.28.